The molecule has 2 aromatic carbocycles. The Morgan fingerprint density at radius 2 is 1.84 bits per heavy atom. The van der Waals surface area contributed by atoms with Crippen molar-refractivity contribution in [3.8, 4) is 0 Å². The number of aliphatic carboxylic acids is 1. The van der Waals surface area contributed by atoms with Gasteiger partial charge < -0.3 is 14.7 Å². The minimum atomic E-state index is -3.70. The normalized spacial score (nSPS) is 21.6. The third-order valence-corrected chi connectivity index (χ3v) is 9.69. The first kappa shape index (κ1) is 29.4. The summed E-state index contributed by atoms with van der Waals surface area (Å²) in [5, 5.41) is 9.73. The minimum absolute atomic E-state index is 0.122. The second-order valence-electron chi connectivity index (χ2n) is 10.0. The Bertz CT molecular complexity index is 1280. The highest BCUT2D eigenvalue weighted by Gasteiger charge is 2.48. The molecule has 1 aliphatic heterocycles. The summed E-state index contributed by atoms with van der Waals surface area (Å²) in [6, 6.07) is 8.88. The van der Waals surface area contributed by atoms with E-state index >= 15 is 0 Å². The number of benzene rings is 2. The van der Waals surface area contributed by atoms with E-state index in [1.54, 1.807) is 58.0 Å². The lowest BCUT2D eigenvalue weighted by molar-refractivity contribution is -0.182. The molecule has 37 heavy (non-hydrogen) atoms. The van der Waals surface area contributed by atoms with Crippen LogP contribution in [0, 0.1) is 5.82 Å². The van der Waals surface area contributed by atoms with Gasteiger partial charge in [-0.25, -0.2) is 12.8 Å². The Morgan fingerprint density at radius 3 is 2.38 bits per heavy atom. The van der Waals surface area contributed by atoms with Gasteiger partial charge in [0.2, 0.25) is 0 Å². The summed E-state index contributed by atoms with van der Waals surface area (Å²) in [6.45, 7) is 6.46. The van der Waals surface area contributed by atoms with Crippen molar-refractivity contribution in [2.45, 2.75) is 69.6 Å². The van der Waals surface area contributed by atoms with Crippen molar-refractivity contribution in [2.24, 2.45) is 0 Å². The number of halogens is 3. The molecule has 0 aliphatic carbocycles. The van der Waals surface area contributed by atoms with E-state index in [9.17, 15) is 27.5 Å². The van der Waals surface area contributed by atoms with E-state index in [0.29, 0.717) is 16.1 Å². The van der Waals surface area contributed by atoms with E-state index in [1.165, 1.54) is 17.0 Å². The lowest BCUT2D eigenvalue weighted by Gasteiger charge is -2.48. The molecule has 11 heteroatoms. The van der Waals surface area contributed by atoms with Crippen molar-refractivity contribution in [3.05, 3.63) is 69.5 Å². The maximum absolute atomic E-state index is 14.6. The van der Waals surface area contributed by atoms with Crippen molar-refractivity contribution < 1.29 is 32.2 Å². The number of carboxylic acid groups (broad SMARTS) is 1. The molecule has 1 heterocycles. The number of hydrogen-bond donors (Lipinski definition) is 1. The van der Waals surface area contributed by atoms with Crippen LogP contribution in [0.25, 0.3) is 0 Å². The van der Waals surface area contributed by atoms with Crippen molar-refractivity contribution in [2.75, 3.05) is 5.75 Å². The summed E-state index contributed by atoms with van der Waals surface area (Å²) in [7, 11) is -3.70. The van der Waals surface area contributed by atoms with Crippen LogP contribution < -0.4 is 0 Å². The second-order valence-corrected chi connectivity index (χ2v) is 13.6. The zero-order valence-electron chi connectivity index (χ0n) is 20.9. The van der Waals surface area contributed by atoms with Crippen LogP contribution in [0.4, 0.5) is 4.39 Å². The predicted molar refractivity (Wildman–Crippen MR) is 140 cm³/mol. The van der Waals surface area contributed by atoms with Crippen LogP contribution in [0.1, 0.15) is 63.8 Å². The Balaban J connectivity index is 2.25. The standard InChI is InChI=1S/C26H30Cl2FNO6S/c1-5-18(14-37(34,35)26(2,3)4)30-23(15-9-10-19(28)20(29)12-15)24(16-7-6-8-17(27)11-16)36-21(25(30)33)13-22(31)32/h6-12,18,21,23-24H,5,13-14H2,1-4H3,(H,31,32)/t18-,21-,23?,24+/m0/s1. The Kier molecular flexibility index (Phi) is 8.94. The van der Waals surface area contributed by atoms with Gasteiger partial charge in [0, 0.05) is 11.1 Å². The molecule has 1 aliphatic rings. The van der Waals surface area contributed by atoms with Gasteiger partial charge in [0.1, 0.15) is 18.0 Å². The second kappa shape index (κ2) is 11.3. The van der Waals surface area contributed by atoms with Gasteiger partial charge in [-0.05, 0) is 62.6 Å². The van der Waals surface area contributed by atoms with Crippen molar-refractivity contribution in [1.29, 1.82) is 0 Å². The first-order valence-electron chi connectivity index (χ1n) is 11.8. The van der Waals surface area contributed by atoms with Gasteiger partial charge in [-0.1, -0.05) is 48.3 Å². The number of ether oxygens (including phenoxy) is 1. The van der Waals surface area contributed by atoms with E-state index in [0.717, 1.165) is 0 Å². The summed E-state index contributed by atoms with van der Waals surface area (Å²) >= 11 is 12.1. The molecule has 3 rings (SSSR count). The molecule has 0 radical (unpaired) electrons. The zero-order valence-corrected chi connectivity index (χ0v) is 23.3. The number of carbonyl (C=O) groups excluding carboxylic acids is 1. The van der Waals surface area contributed by atoms with Crippen LogP contribution in [0.3, 0.4) is 0 Å². The van der Waals surface area contributed by atoms with E-state index in [1.807, 2.05) is 0 Å². The third kappa shape index (κ3) is 6.45. The molecule has 0 bridgehead atoms. The average molecular weight is 574 g/mol. The lowest BCUT2D eigenvalue weighted by atomic mass is 9.89. The van der Waals surface area contributed by atoms with Gasteiger partial charge in [0.15, 0.2) is 9.84 Å². The lowest BCUT2D eigenvalue weighted by Crippen LogP contribution is -2.57. The van der Waals surface area contributed by atoms with Gasteiger partial charge >= 0.3 is 5.97 Å². The summed E-state index contributed by atoms with van der Waals surface area (Å²) < 4.78 is 46.0. The molecular weight excluding hydrogens is 544 g/mol. The third-order valence-electron chi connectivity index (χ3n) is 6.46. The molecular formula is C26H30Cl2FNO6S. The van der Waals surface area contributed by atoms with Gasteiger partial charge in [-0.2, -0.15) is 0 Å². The number of carbonyl (C=O) groups is 2. The molecule has 1 N–H and O–H groups in total. The molecule has 0 spiro atoms. The number of rotatable bonds is 8. The molecule has 2 aromatic rings. The number of hydrogen-bond acceptors (Lipinski definition) is 5. The highest BCUT2D eigenvalue weighted by atomic mass is 35.5. The van der Waals surface area contributed by atoms with Crippen LogP contribution in [-0.2, 0) is 24.2 Å². The molecule has 1 fully saturated rings. The van der Waals surface area contributed by atoms with Crippen molar-refractivity contribution in [1.82, 2.24) is 4.90 Å². The molecule has 1 amide bonds. The predicted octanol–water partition coefficient (Wildman–Crippen LogP) is 5.61. The maximum Gasteiger partial charge on any atom is 0.306 e. The fraction of sp³-hybridized carbons (Fsp3) is 0.462. The molecule has 4 atom stereocenters. The topological polar surface area (TPSA) is 101 Å². The maximum atomic E-state index is 14.6. The summed E-state index contributed by atoms with van der Waals surface area (Å²) in [5.74, 6) is -3.03. The first-order valence-corrected chi connectivity index (χ1v) is 14.2. The van der Waals surface area contributed by atoms with E-state index in [-0.39, 0.29) is 17.2 Å². The summed E-state index contributed by atoms with van der Waals surface area (Å²) in [5.41, 5.74) is 0.842. The summed E-state index contributed by atoms with van der Waals surface area (Å²) in [4.78, 5) is 26.7. The van der Waals surface area contributed by atoms with Gasteiger partial charge in [0.25, 0.3) is 5.91 Å². The highest BCUT2D eigenvalue weighted by Crippen LogP contribution is 2.45. The monoisotopic (exact) mass is 573 g/mol. The number of sulfone groups is 1. The largest absolute Gasteiger partial charge is 0.481 e. The molecule has 0 saturated carbocycles. The van der Waals surface area contributed by atoms with Gasteiger partial charge in [0.05, 0.1) is 28.0 Å². The van der Waals surface area contributed by atoms with Crippen LogP contribution in [0.2, 0.25) is 10.0 Å². The van der Waals surface area contributed by atoms with Crippen molar-refractivity contribution in [3.63, 3.8) is 0 Å². The highest BCUT2D eigenvalue weighted by molar-refractivity contribution is 7.92. The Hall–Kier alpha value is -2.20. The van der Waals surface area contributed by atoms with Crippen LogP contribution in [0.15, 0.2) is 42.5 Å². The van der Waals surface area contributed by atoms with E-state index < -0.39 is 63.0 Å². The fourth-order valence-corrected chi connectivity index (χ4v) is 6.05. The molecule has 0 aromatic heterocycles. The Labute approximate surface area is 226 Å². The molecule has 7 nitrogen and oxygen atoms in total. The smallest absolute Gasteiger partial charge is 0.306 e. The first-order chi connectivity index (χ1) is 17.2. The fourth-order valence-electron chi connectivity index (χ4n) is 4.33. The molecule has 1 unspecified atom stereocenters. The summed E-state index contributed by atoms with van der Waals surface area (Å²) in [6.07, 6.45) is -2.74. The van der Waals surface area contributed by atoms with Gasteiger partial charge in [-0.15, -0.1) is 0 Å². The average Bonchev–Trinajstić information content (AvgIpc) is 2.79. The number of carboxylic acids is 1. The van der Waals surface area contributed by atoms with Gasteiger partial charge in [-0.3, -0.25) is 9.59 Å². The molecule has 202 valence electrons. The van der Waals surface area contributed by atoms with Crippen molar-refractivity contribution >= 4 is 44.9 Å². The molecule has 1 saturated heterocycles. The SMILES string of the molecule is CC[C@@H](CS(=O)(=O)C(C)(C)C)N1C(=O)[C@H](CC(=O)O)O[C@H](c2cccc(Cl)c2)C1c1ccc(Cl)c(F)c1. The Morgan fingerprint density at radius 1 is 1.16 bits per heavy atom. The number of amides is 1. The van der Waals surface area contributed by atoms with Crippen LogP contribution >= 0.6 is 23.2 Å². The number of nitrogens with zero attached hydrogens (tertiary/aromatic N) is 1. The zero-order chi connectivity index (χ0) is 27.7. The minimum Gasteiger partial charge on any atom is -0.481 e. The van der Waals surface area contributed by atoms with E-state index in [2.05, 4.69) is 0 Å². The number of morpholine rings is 1. The quantitative estimate of drug-likeness (QED) is 0.440. The van der Waals surface area contributed by atoms with E-state index in [4.69, 9.17) is 27.9 Å². The van der Waals surface area contributed by atoms with Crippen LogP contribution in [-0.4, -0.2) is 52.9 Å². The van der Waals surface area contributed by atoms with Crippen LogP contribution in [0.5, 0.6) is 0 Å².